The third-order valence-electron chi connectivity index (χ3n) is 4.04. The molecule has 1 heterocycles. The van der Waals surface area contributed by atoms with Crippen LogP contribution in [0.15, 0.2) is 36.5 Å². The maximum Gasteiger partial charge on any atom is 0.0704 e. The van der Waals surface area contributed by atoms with E-state index < -0.39 is 5.60 Å². The predicted molar refractivity (Wildman–Crippen MR) is 73.5 cm³/mol. The van der Waals surface area contributed by atoms with Gasteiger partial charge in [-0.2, -0.15) is 0 Å². The number of nitrogens with zero attached hydrogens (tertiary/aromatic N) is 1. The van der Waals surface area contributed by atoms with E-state index in [1.165, 1.54) is 17.4 Å². The lowest BCUT2D eigenvalue weighted by atomic mass is 9.80. The predicted octanol–water partition coefficient (Wildman–Crippen LogP) is 3.47. The van der Waals surface area contributed by atoms with Crippen LogP contribution < -0.4 is 0 Å². The van der Waals surface area contributed by atoms with Gasteiger partial charge in [0, 0.05) is 18.0 Å². The number of aromatic nitrogens is 1. The SMILES string of the molecule is OC1(Cc2ccnc3ccccc23)CCCCC1. The van der Waals surface area contributed by atoms with Crippen LogP contribution in [0.4, 0.5) is 0 Å². The Bertz CT molecular complexity index is 538. The van der Waals surface area contributed by atoms with Gasteiger partial charge in [0.25, 0.3) is 0 Å². The van der Waals surface area contributed by atoms with Crippen molar-refractivity contribution in [2.45, 2.75) is 44.1 Å². The van der Waals surface area contributed by atoms with E-state index in [1.807, 2.05) is 24.4 Å². The van der Waals surface area contributed by atoms with E-state index in [1.54, 1.807) is 0 Å². The summed E-state index contributed by atoms with van der Waals surface area (Å²) >= 11 is 0. The van der Waals surface area contributed by atoms with Gasteiger partial charge in [-0.25, -0.2) is 0 Å². The summed E-state index contributed by atoms with van der Waals surface area (Å²) in [6, 6.07) is 10.2. The first kappa shape index (κ1) is 11.7. The van der Waals surface area contributed by atoms with Crippen molar-refractivity contribution in [3.8, 4) is 0 Å². The normalized spacial score (nSPS) is 18.9. The van der Waals surface area contributed by atoms with Crippen molar-refractivity contribution in [3.63, 3.8) is 0 Å². The lowest BCUT2D eigenvalue weighted by molar-refractivity contribution is 0.00476. The fourth-order valence-electron chi connectivity index (χ4n) is 3.05. The van der Waals surface area contributed by atoms with Crippen molar-refractivity contribution in [1.82, 2.24) is 4.98 Å². The van der Waals surface area contributed by atoms with Gasteiger partial charge in [0.2, 0.25) is 0 Å². The molecular formula is C16H19NO. The van der Waals surface area contributed by atoms with Crippen molar-refractivity contribution >= 4 is 10.9 Å². The van der Waals surface area contributed by atoms with Crippen LogP contribution in [0.25, 0.3) is 10.9 Å². The lowest BCUT2D eigenvalue weighted by Gasteiger charge is -2.32. The molecule has 1 aliphatic rings. The number of aliphatic hydroxyl groups is 1. The Kier molecular flexibility index (Phi) is 3.04. The molecule has 0 bridgehead atoms. The molecule has 3 rings (SSSR count). The molecule has 0 spiro atoms. The van der Waals surface area contributed by atoms with Gasteiger partial charge in [0.15, 0.2) is 0 Å². The quantitative estimate of drug-likeness (QED) is 0.873. The minimum absolute atomic E-state index is 0.498. The molecule has 1 N–H and O–H groups in total. The summed E-state index contributed by atoms with van der Waals surface area (Å²) in [7, 11) is 0. The molecule has 94 valence electrons. The van der Waals surface area contributed by atoms with E-state index in [-0.39, 0.29) is 0 Å². The minimum atomic E-state index is -0.498. The monoisotopic (exact) mass is 241 g/mol. The number of pyridine rings is 1. The molecule has 0 radical (unpaired) electrons. The third-order valence-corrected chi connectivity index (χ3v) is 4.04. The molecule has 2 aromatic rings. The average Bonchev–Trinajstić information content (AvgIpc) is 2.40. The standard InChI is InChI=1S/C16H19NO/c18-16(9-4-1-5-10-16)12-13-8-11-17-15-7-3-2-6-14(13)15/h2-3,6-8,11,18H,1,4-5,9-10,12H2. The van der Waals surface area contributed by atoms with Crippen molar-refractivity contribution in [3.05, 3.63) is 42.1 Å². The molecule has 0 atom stereocenters. The van der Waals surface area contributed by atoms with Gasteiger partial charge in [-0.1, -0.05) is 37.5 Å². The number of fused-ring (bicyclic) bond motifs is 1. The first-order valence-corrected chi connectivity index (χ1v) is 6.82. The highest BCUT2D eigenvalue weighted by Gasteiger charge is 2.29. The zero-order valence-electron chi connectivity index (χ0n) is 10.6. The summed E-state index contributed by atoms with van der Waals surface area (Å²) < 4.78 is 0. The average molecular weight is 241 g/mol. The second-order valence-corrected chi connectivity index (χ2v) is 5.45. The van der Waals surface area contributed by atoms with E-state index in [9.17, 15) is 5.11 Å². The van der Waals surface area contributed by atoms with Crippen LogP contribution >= 0.6 is 0 Å². The second-order valence-electron chi connectivity index (χ2n) is 5.45. The van der Waals surface area contributed by atoms with Gasteiger partial charge in [-0.15, -0.1) is 0 Å². The largest absolute Gasteiger partial charge is 0.390 e. The molecule has 2 nitrogen and oxygen atoms in total. The lowest BCUT2D eigenvalue weighted by Crippen LogP contribution is -2.33. The molecule has 1 saturated carbocycles. The highest BCUT2D eigenvalue weighted by molar-refractivity contribution is 5.81. The molecule has 1 aliphatic carbocycles. The van der Waals surface area contributed by atoms with Gasteiger partial charge >= 0.3 is 0 Å². The molecule has 0 amide bonds. The van der Waals surface area contributed by atoms with E-state index in [4.69, 9.17) is 0 Å². The molecule has 1 fully saturated rings. The molecule has 0 aliphatic heterocycles. The van der Waals surface area contributed by atoms with Gasteiger partial charge in [-0.3, -0.25) is 4.98 Å². The van der Waals surface area contributed by atoms with Crippen molar-refractivity contribution in [2.24, 2.45) is 0 Å². The Morgan fingerprint density at radius 3 is 2.67 bits per heavy atom. The first-order chi connectivity index (χ1) is 8.77. The molecule has 1 aromatic carbocycles. The maximum atomic E-state index is 10.7. The highest BCUT2D eigenvalue weighted by Crippen LogP contribution is 2.32. The van der Waals surface area contributed by atoms with Gasteiger partial charge in [0.05, 0.1) is 11.1 Å². The van der Waals surface area contributed by atoms with Crippen LogP contribution in [0.2, 0.25) is 0 Å². The minimum Gasteiger partial charge on any atom is -0.390 e. The molecular weight excluding hydrogens is 222 g/mol. The van der Waals surface area contributed by atoms with Crippen LogP contribution in [-0.2, 0) is 6.42 Å². The number of benzene rings is 1. The summed E-state index contributed by atoms with van der Waals surface area (Å²) in [5.74, 6) is 0. The zero-order valence-corrected chi connectivity index (χ0v) is 10.6. The van der Waals surface area contributed by atoms with Crippen LogP contribution in [0.5, 0.6) is 0 Å². The van der Waals surface area contributed by atoms with Crippen molar-refractivity contribution < 1.29 is 5.11 Å². The number of para-hydroxylation sites is 1. The summed E-state index contributed by atoms with van der Waals surface area (Å²) in [6.45, 7) is 0. The van der Waals surface area contributed by atoms with E-state index >= 15 is 0 Å². The molecule has 0 saturated heterocycles. The van der Waals surface area contributed by atoms with Gasteiger partial charge < -0.3 is 5.11 Å². The molecule has 0 unspecified atom stereocenters. The van der Waals surface area contributed by atoms with Crippen LogP contribution in [-0.4, -0.2) is 15.7 Å². The Labute approximate surface area is 108 Å². The zero-order chi connectivity index (χ0) is 12.4. The molecule has 18 heavy (non-hydrogen) atoms. The number of hydrogen-bond acceptors (Lipinski definition) is 2. The van der Waals surface area contributed by atoms with Crippen LogP contribution in [0.3, 0.4) is 0 Å². The Hall–Kier alpha value is -1.41. The Morgan fingerprint density at radius 1 is 1.06 bits per heavy atom. The van der Waals surface area contributed by atoms with Crippen LogP contribution in [0.1, 0.15) is 37.7 Å². The molecule has 2 heteroatoms. The summed E-state index contributed by atoms with van der Waals surface area (Å²) in [5.41, 5.74) is 1.75. The fraction of sp³-hybridized carbons (Fsp3) is 0.438. The summed E-state index contributed by atoms with van der Waals surface area (Å²) in [6.07, 6.45) is 8.05. The third kappa shape index (κ3) is 2.25. The Balaban J connectivity index is 1.94. The second kappa shape index (κ2) is 4.69. The number of rotatable bonds is 2. The maximum absolute atomic E-state index is 10.7. The van der Waals surface area contributed by atoms with E-state index in [0.29, 0.717) is 0 Å². The van der Waals surface area contributed by atoms with Crippen LogP contribution in [0, 0.1) is 0 Å². The number of hydrogen-bond donors (Lipinski definition) is 1. The molecule has 1 aromatic heterocycles. The Morgan fingerprint density at radius 2 is 1.83 bits per heavy atom. The van der Waals surface area contributed by atoms with Crippen molar-refractivity contribution in [2.75, 3.05) is 0 Å². The van der Waals surface area contributed by atoms with E-state index in [0.717, 1.165) is 37.6 Å². The van der Waals surface area contributed by atoms with Gasteiger partial charge in [-0.05, 0) is 30.5 Å². The van der Waals surface area contributed by atoms with Gasteiger partial charge in [0.1, 0.15) is 0 Å². The van der Waals surface area contributed by atoms with Crippen molar-refractivity contribution in [1.29, 1.82) is 0 Å². The smallest absolute Gasteiger partial charge is 0.0704 e. The fourth-order valence-corrected chi connectivity index (χ4v) is 3.05. The summed E-state index contributed by atoms with van der Waals surface area (Å²) in [4.78, 5) is 4.38. The summed E-state index contributed by atoms with van der Waals surface area (Å²) in [5, 5.41) is 11.8. The highest BCUT2D eigenvalue weighted by atomic mass is 16.3. The topological polar surface area (TPSA) is 33.1 Å². The first-order valence-electron chi connectivity index (χ1n) is 6.82. The van der Waals surface area contributed by atoms with E-state index in [2.05, 4.69) is 17.1 Å².